The number of hydrogen-bond acceptors (Lipinski definition) is 8. The zero-order chi connectivity index (χ0) is 38.9. The summed E-state index contributed by atoms with van der Waals surface area (Å²) in [5.74, 6) is 1.73. The second-order valence-electron chi connectivity index (χ2n) is 11.1. The number of aromatic amines is 1. The predicted molar refractivity (Wildman–Crippen MR) is 227 cm³/mol. The molecule has 0 aliphatic carbocycles. The first-order valence-electron chi connectivity index (χ1n) is 15.7. The molecular formula is C38H36Br2I2N5O6+. The molecule has 2 N–H and O–H groups in total. The third-order valence-electron chi connectivity index (χ3n) is 6.78. The number of ether oxygens (including phenoxy) is 2. The molecule has 0 saturated carbocycles. The van der Waals surface area contributed by atoms with Crippen LogP contribution in [0.25, 0.3) is 0 Å². The lowest BCUT2D eigenvalue weighted by molar-refractivity contribution is -0.909. The highest BCUT2D eigenvalue weighted by Crippen LogP contribution is 2.25. The maximum absolute atomic E-state index is 10.8. The van der Waals surface area contributed by atoms with E-state index in [0.29, 0.717) is 18.9 Å². The lowest BCUT2D eigenvalue weighted by Crippen LogP contribution is -2.33. The molecule has 276 valence electrons. The van der Waals surface area contributed by atoms with Crippen LogP contribution in [0.5, 0.6) is 11.5 Å². The van der Waals surface area contributed by atoms with Crippen molar-refractivity contribution in [1.82, 2.24) is 15.0 Å². The minimum Gasteiger partial charge on any atom is -0.488 e. The average molecular weight is 1070 g/mol. The first kappa shape index (κ1) is 43.5. The molecule has 15 heteroatoms. The first-order chi connectivity index (χ1) is 25.2. The van der Waals surface area contributed by atoms with Gasteiger partial charge in [-0.1, -0.05) is 60.7 Å². The number of aromatic nitrogens is 4. The lowest BCUT2D eigenvalue weighted by atomic mass is 10.2. The zero-order valence-corrected chi connectivity index (χ0v) is 36.6. The molecule has 6 rings (SSSR count). The van der Waals surface area contributed by atoms with Crippen LogP contribution < -0.4 is 19.6 Å². The molecule has 4 aromatic heterocycles. The number of rotatable bonds is 7. The van der Waals surface area contributed by atoms with Gasteiger partial charge in [-0.15, -0.1) is 0 Å². The number of H-pyrrole nitrogens is 1. The maximum Gasteiger partial charge on any atom is 0.296 e. The molecule has 0 radical (unpaired) electrons. The summed E-state index contributed by atoms with van der Waals surface area (Å²) in [4.78, 5) is 32.0. The summed E-state index contributed by atoms with van der Waals surface area (Å²) in [6.07, 6.45) is 6.53. The Balaban J connectivity index is 0.000000195. The van der Waals surface area contributed by atoms with Gasteiger partial charge in [0.25, 0.3) is 5.69 Å². The van der Waals surface area contributed by atoms with Crippen molar-refractivity contribution in [2.45, 2.75) is 40.9 Å². The van der Waals surface area contributed by atoms with Crippen LogP contribution in [0.4, 0.5) is 5.69 Å². The highest BCUT2D eigenvalue weighted by Gasteiger charge is 2.19. The van der Waals surface area contributed by atoms with Crippen LogP contribution in [0.2, 0.25) is 0 Å². The number of nitrogens with zero attached hydrogens (tertiary/aromatic N) is 4. The third-order valence-corrected chi connectivity index (χ3v) is 9.64. The second-order valence-corrected chi connectivity index (χ2v) is 15.2. The molecule has 0 bridgehead atoms. The molecule has 0 fully saturated rings. The van der Waals surface area contributed by atoms with Crippen molar-refractivity contribution in [2.75, 3.05) is 0 Å². The van der Waals surface area contributed by atoms with Gasteiger partial charge in [0.1, 0.15) is 24.7 Å². The molecule has 4 heterocycles. The molecule has 2 aromatic carbocycles. The number of halogens is 4. The van der Waals surface area contributed by atoms with Crippen molar-refractivity contribution in [3.8, 4) is 11.5 Å². The highest BCUT2D eigenvalue weighted by atomic mass is 127. The topological polar surface area (TPSA) is 144 Å². The fourth-order valence-corrected chi connectivity index (χ4v) is 5.58. The van der Waals surface area contributed by atoms with E-state index in [4.69, 9.17) is 14.7 Å². The Labute approximate surface area is 351 Å². The van der Waals surface area contributed by atoms with Crippen LogP contribution in [-0.4, -0.2) is 25.1 Å². The van der Waals surface area contributed by atoms with Crippen molar-refractivity contribution >= 4 is 82.7 Å². The number of hydrogen-bond donors (Lipinski definition) is 2. The minimum absolute atomic E-state index is 0.0576. The zero-order valence-electron chi connectivity index (χ0n) is 29.1. The summed E-state index contributed by atoms with van der Waals surface area (Å²) in [7, 11) is 0. The fraction of sp³-hybridized carbons (Fsp3) is 0.158. The van der Waals surface area contributed by atoms with Gasteiger partial charge in [-0.05, 0) is 109 Å². The molecule has 0 unspecified atom stereocenters. The lowest BCUT2D eigenvalue weighted by Gasteiger charge is -2.08. The summed E-state index contributed by atoms with van der Waals surface area (Å²) in [6, 6.07) is 27.0. The molecule has 0 aliphatic heterocycles. The normalized spacial score (nSPS) is 9.96. The molecule has 11 nitrogen and oxygen atoms in total. The molecule has 0 atom stereocenters. The number of nitro groups is 1. The van der Waals surface area contributed by atoms with E-state index < -0.39 is 4.92 Å². The van der Waals surface area contributed by atoms with E-state index in [2.05, 4.69) is 81.5 Å². The largest absolute Gasteiger partial charge is 0.488 e. The minimum atomic E-state index is -0.517. The van der Waals surface area contributed by atoms with Gasteiger partial charge >= 0.3 is 0 Å². The monoisotopic (exact) mass is 1070 g/mol. The molecule has 0 saturated heterocycles. The quantitative estimate of drug-likeness (QED) is 0.0529. The third kappa shape index (κ3) is 15.5. The van der Waals surface area contributed by atoms with Gasteiger partial charge in [0, 0.05) is 65.5 Å². The number of benzene rings is 2. The Hall–Kier alpha value is -3.94. The van der Waals surface area contributed by atoms with Crippen molar-refractivity contribution < 1.29 is 24.3 Å². The molecule has 0 aliphatic rings. The van der Waals surface area contributed by atoms with Crippen molar-refractivity contribution in [2.24, 2.45) is 0 Å². The summed E-state index contributed by atoms with van der Waals surface area (Å²) < 4.78 is 15.2. The summed E-state index contributed by atoms with van der Waals surface area (Å²) >= 11 is 10.6. The summed E-state index contributed by atoms with van der Waals surface area (Å²) in [5, 5.41) is 19.4. The molecular weight excluding hydrogens is 1040 g/mol. The second kappa shape index (κ2) is 22.3. The van der Waals surface area contributed by atoms with Gasteiger partial charge in [-0.2, -0.15) is 0 Å². The molecule has 6 aromatic rings. The van der Waals surface area contributed by atoms with Crippen LogP contribution in [0.1, 0.15) is 33.9 Å². The number of pyridine rings is 4. The Morgan fingerprint density at radius 2 is 1.32 bits per heavy atom. The van der Waals surface area contributed by atoms with Crippen LogP contribution in [0.15, 0.2) is 123 Å². The average Bonchev–Trinajstić information content (AvgIpc) is 3.14. The van der Waals surface area contributed by atoms with Crippen LogP contribution in [0.3, 0.4) is 0 Å². The highest BCUT2D eigenvalue weighted by molar-refractivity contribution is 14.1. The van der Waals surface area contributed by atoms with Gasteiger partial charge in [-0.3, -0.25) is 30.1 Å². The molecule has 0 spiro atoms. The standard InChI is InChI=1S/C13H12BrNO.C13H12INO.C6H6BrN2O3.C6H6INO/c2*1-10-7-13(12(14)8-15-10)16-9-11-5-3-2-4-6-11;1-4-2-6(9(11)12)5(7)3-8(4)10;1-4-2-6(9)5(7)3-8-4/h2*2-8H,9H2,1H3;2-3,10H,1H3;2-3H,1H3,(H,8,9)/q;;+1;. The van der Waals surface area contributed by atoms with Gasteiger partial charge in [0.05, 0.1) is 22.6 Å². The maximum atomic E-state index is 10.8. The van der Waals surface area contributed by atoms with Crippen LogP contribution >= 0.6 is 77.0 Å². The first-order valence-corrected chi connectivity index (χ1v) is 19.5. The van der Waals surface area contributed by atoms with E-state index in [0.717, 1.165) is 50.5 Å². The van der Waals surface area contributed by atoms with E-state index in [9.17, 15) is 14.9 Å². The van der Waals surface area contributed by atoms with Crippen molar-refractivity contribution in [3.63, 3.8) is 0 Å². The Bertz CT molecular complexity index is 2070. The number of aryl methyl sites for hydroxylation is 4. The molecule has 0 amide bonds. The van der Waals surface area contributed by atoms with E-state index >= 15 is 0 Å². The van der Waals surface area contributed by atoms with Crippen LogP contribution in [-0.2, 0) is 13.2 Å². The summed E-state index contributed by atoms with van der Waals surface area (Å²) in [5.41, 5.74) is 5.60. The van der Waals surface area contributed by atoms with Crippen LogP contribution in [0, 0.1) is 44.9 Å². The van der Waals surface area contributed by atoms with E-state index in [1.165, 1.54) is 17.8 Å². The van der Waals surface area contributed by atoms with Crippen molar-refractivity contribution in [3.05, 3.63) is 180 Å². The fourth-order valence-electron chi connectivity index (χ4n) is 4.03. The van der Waals surface area contributed by atoms with Gasteiger partial charge in [0.2, 0.25) is 11.9 Å². The Morgan fingerprint density at radius 1 is 0.792 bits per heavy atom. The SMILES string of the molecule is Cc1cc(=O)c(I)c[nH]1.Cc1cc(OCc2ccccc2)c(Br)cn1.Cc1cc(OCc2ccccc2)c(I)cn1.Cc1cc([N+](=O)[O-])c(Br)c[n+]1O. The number of nitrogens with one attached hydrogen (secondary N) is 1. The van der Waals surface area contributed by atoms with Gasteiger partial charge in [0.15, 0.2) is 9.90 Å². The smallest absolute Gasteiger partial charge is 0.296 e. The summed E-state index contributed by atoms with van der Waals surface area (Å²) in [6.45, 7) is 8.51. The predicted octanol–water partition coefficient (Wildman–Crippen LogP) is 9.78. The van der Waals surface area contributed by atoms with Crippen molar-refractivity contribution in [1.29, 1.82) is 0 Å². The van der Waals surface area contributed by atoms with Gasteiger partial charge in [-0.25, -0.2) is 0 Å². The van der Waals surface area contributed by atoms with E-state index in [-0.39, 0.29) is 15.6 Å². The Morgan fingerprint density at radius 3 is 1.85 bits per heavy atom. The molecule has 53 heavy (non-hydrogen) atoms. The van der Waals surface area contributed by atoms with E-state index in [1.54, 1.807) is 25.4 Å². The Kier molecular flexibility index (Phi) is 18.3. The van der Waals surface area contributed by atoms with E-state index in [1.807, 2.05) is 110 Å². The van der Waals surface area contributed by atoms with Gasteiger partial charge < -0.3 is 14.5 Å².